The molecule has 0 rings (SSSR count). The molecule has 0 radical (unpaired) electrons. The molecule has 188 valence electrons. The van der Waals surface area contributed by atoms with Crippen LogP contribution in [0.25, 0.3) is 0 Å². The van der Waals surface area contributed by atoms with Crippen LogP contribution in [0.4, 0.5) is 0 Å². The predicted octanol–water partition coefficient (Wildman–Crippen LogP) is 6.31. The third kappa shape index (κ3) is 31.6. The number of unbranched alkanes of at least 4 members (excludes halogenated alkanes) is 12. The fourth-order valence-electron chi connectivity index (χ4n) is 3.49. The topological polar surface area (TPSA) is 104 Å². The van der Waals surface area contributed by atoms with E-state index in [1.54, 1.807) is 0 Å². The molecule has 0 aliphatic carbocycles. The number of rotatable bonds is 19. The van der Waals surface area contributed by atoms with Crippen molar-refractivity contribution in [2.75, 3.05) is 12.8 Å². The van der Waals surface area contributed by atoms with Gasteiger partial charge in [-0.3, -0.25) is 9.35 Å². The molecule has 7 heteroatoms. The van der Waals surface area contributed by atoms with Gasteiger partial charge in [-0.15, -0.1) is 0 Å². The molecule has 0 aromatic rings. The molecule has 0 saturated heterocycles. The molecule has 6 nitrogen and oxygen atoms in total. The summed E-state index contributed by atoms with van der Waals surface area (Å²) in [5.41, 5.74) is 0. The van der Waals surface area contributed by atoms with E-state index in [9.17, 15) is 13.2 Å². The van der Waals surface area contributed by atoms with Crippen molar-refractivity contribution in [2.45, 2.75) is 124 Å². The molecule has 0 saturated carbocycles. The van der Waals surface area contributed by atoms with Crippen molar-refractivity contribution in [1.29, 1.82) is 0 Å². The first-order valence-electron chi connectivity index (χ1n) is 12.3. The van der Waals surface area contributed by atoms with E-state index in [0.29, 0.717) is 6.26 Å². The molecule has 3 N–H and O–H groups in total. The molecular weight excluding hydrogens is 414 g/mol. The van der Waals surface area contributed by atoms with Crippen molar-refractivity contribution in [3.63, 3.8) is 0 Å². The van der Waals surface area contributed by atoms with Gasteiger partial charge in [0.2, 0.25) is 0 Å². The molecule has 0 amide bonds. The fourth-order valence-corrected chi connectivity index (χ4v) is 3.49. The third-order valence-electron chi connectivity index (χ3n) is 5.26. The Labute approximate surface area is 192 Å². The van der Waals surface area contributed by atoms with E-state index in [-0.39, 0.29) is 5.92 Å². The zero-order chi connectivity index (χ0) is 24.1. The molecular formula is C24H51NO5S. The van der Waals surface area contributed by atoms with E-state index in [0.717, 1.165) is 18.9 Å². The van der Waals surface area contributed by atoms with Gasteiger partial charge in [0.1, 0.15) is 6.04 Å². The number of carbonyl (C=O) groups is 1. The summed E-state index contributed by atoms with van der Waals surface area (Å²) in [5.74, 6) is 0.288. The maximum absolute atomic E-state index is 11.1. The van der Waals surface area contributed by atoms with Crippen molar-refractivity contribution >= 4 is 16.1 Å². The molecule has 0 heterocycles. The predicted molar refractivity (Wildman–Crippen MR) is 131 cm³/mol. The van der Waals surface area contributed by atoms with Crippen molar-refractivity contribution < 1.29 is 22.9 Å². The smallest absolute Gasteiger partial charge is 0.320 e. The summed E-state index contributed by atoms with van der Waals surface area (Å²) in [5, 5.41) is 12.3. The lowest BCUT2D eigenvalue weighted by molar-refractivity contribution is -0.140. The van der Waals surface area contributed by atoms with Crippen molar-refractivity contribution in [3.8, 4) is 0 Å². The molecule has 31 heavy (non-hydrogen) atoms. The third-order valence-corrected chi connectivity index (χ3v) is 5.26. The Morgan fingerprint density at radius 3 is 1.35 bits per heavy atom. The highest BCUT2D eigenvalue weighted by molar-refractivity contribution is 7.85. The second-order valence-electron chi connectivity index (χ2n) is 9.53. The van der Waals surface area contributed by atoms with Crippen LogP contribution in [-0.4, -0.2) is 42.9 Å². The Balaban J connectivity index is 0. The lowest BCUT2D eigenvalue weighted by Gasteiger charge is -2.17. The van der Waals surface area contributed by atoms with Crippen LogP contribution in [0.2, 0.25) is 0 Å². The molecule has 0 aromatic heterocycles. The van der Waals surface area contributed by atoms with E-state index in [4.69, 9.17) is 9.66 Å². The highest BCUT2D eigenvalue weighted by atomic mass is 32.2. The van der Waals surface area contributed by atoms with Gasteiger partial charge in [-0.1, -0.05) is 111 Å². The van der Waals surface area contributed by atoms with E-state index in [2.05, 4.69) is 19.2 Å². The number of hydrogen-bond acceptors (Lipinski definition) is 4. The minimum Gasteiger partial charge on any atom is -0.480 e. The van der Waals surface area contributed by atoms with E-state index in [1.165, 1.54) is 83.5 Å². The van der Waals surface area contributed by atoms with Gasteiger partial charge >= 0.3 is 5.97 Å². The van der Waals surface area contributed by atoms with Gasteiger partial charge in [0.25, 0.3) is 10.1 Å². The Hall–Kier alpha value is -0.660. The minimum absolute atomic E-state index is 0.146. The van der Waals surface area contributed by atoms with Gasteiger partial charge in [0, 0.05) is 0 Å². The van der Waals surface area contributed by atoms with Crippen LogP contribution in [-0.2, 0) is 14.9 Å². The minimum atomic E-state index is -3.67. The molecule has 0 spiro atoms. The van der Waals surface area contributed by atoms with Crippen molar-refractivity contribution in [2.24, 2.45) is 11.8 Å². The molecule has 0 aromatic carbocycles. The molecule has 0 fully saturated rings. The summed E-state index contributed by atoms with van der Waals surface area (Å²) in [4.78, 5) is 11.1. The van der Waals surface area contributed by atoms with Crippen molar-refractivity contribution in [3.05, 3.63) is 0 Å². The number of carboxylic acid groups (broad SMARTS) is 1. The SMILES string of the molecule is CC(C)CCCCCCCCCCCCCCCN[C@H](C(=O)O)C(C)C.CS(=O)(=O)O. The van der Waals surface area contributed by atoms with Crippen LogP contribution >= 0.6 is 0 Å². The van der Waals surface area contributed by atoms with Gasteiger partial charge in [-0.2, -0.15) is 8.42 Å². The Morgan fingerprint density at radius 1 is 0.742 bits per heavy atom. The van der Waals surface area contributed by atoms with Gasteiger partial charge < -0.3 is 10.4 Å². The Kier molecular flexibility index (Phi) is 22.2. The zero-order valence-corrected chi connectivity index (χ0v) is 21.7. The molecule has 1 atom stereocenters. The van der Waals surface area contributed by atoms with E-state index in [1.807, 2.05) is 13.8 Å². The maximum Gasteiger partial charge on any atom is 0.320 e. The van der Waals surface area contributed by atoms with Crippen LogP contribution in [0.1, 0.15) is 118 Å². The van der Waals surface area contributed by atoms with Crippen molar-refractivity contribution in [1.82, 2.24) is 5.32 Å². The monoisotopic (exact) mass is 465 g/mol. The summed E-state index contributed by atoms with van der Waals surface area (Å²) in [6.07, 6.45) is 19.8. The molecule has 0 unspecified atom stereocenters. The average Bonchev–Trinajstić information content (AvgIpc) is 2.62. The van der Waals surface area contributed by atoms with Crippen LogP contribution < -0.4 is 5.32 Å². The first kappa shape index (κ1) is 32.5. The summed E-state index contributed by atoms with van der Waals surface area (Å²) in [7, 11) is -3.67. The second kappa shape index (κ2) is 21.2. The Bertz CT molecular complexity index is 498. The number of hydrogen-bond donors (Lipinski definition) is 3. The number of nitrogens with one attached hydrogen (secondary N) is 1. The van der Waals surface area contributed by atoms with Gasteiger partial charge in [0.15, 0.2) is 0 Å². The van der Waals surface area contributed by atoms with Crippen LogP contribution in [0.3, 0.4) is 0 Å². The molecule has 0 aliphatic rings. The summed E-state index contributed by atoms with van der Waals surface area (Å²) in [6.45, 7) is 9.38. The molecule has 0 aliphatic heterocycles. The normalized spacial score (nSPS) is 12.6. The maximum atomic E-state index is 11.1. The van der Waals surface area contributed by atoms with Gasteiger partial charge in [-0.05, 0) is 24.8 Å². The van der Waals surface area contributed by atoms with E-state index < -0.39 is 22.1 Å². The quantitative estimate of drug-likeness (QED) is 0.153. The summed E-state index contributed by atoms with van der Waals surface area (Å²) >= 11 is 0. The van der Waals surface area contributed by atoms with Crippen LogP contribution in [0.15, 0.2) is 0 Å². The fraction of sp³-hybridized carbons (Fsp3) is 0.958. The number of aliphatic carboxylic acids is 1. The Morgan fingerprint density at radius 2 is 1.06 bits per heavy atom. The van der Waals surface area contributed by atoms with Crippen LogP contribution in [0.5, 0.6) is 0 Å². The van der Waals surface area contributed by atoms with Gasteiger partial charge in [-0.25, -0.2) is 0 Å². The van der Waals surface area contributed by atoms with Gasteiger partial charge in [0.05, 0.1) is 6.26 Å². The van der Waals surface area contributed by atoms with Crippen LogP contribution in [0, 0.1) is 11.8 Å². The highest BCUT2D eigenvalue weighted by Gasteiger charge is 2.19. The van der Waals surface area contributed by atoms with E-state index >= 15 is 0 Å². The lowest BCUT2D eigenvalue weighted by Crippen LogP contribution is -2.41. The first-order chi connectivity index (χ1) is 14.4. The highest BCUT2D eigenvalue weighted by Crippen LogP contribution is 2.14. The first-order valence-corrected chi connectivity index (χ1v) is 14.2. The summed E-state index contributed by atoms with van der Waals surface area (Å²) in [6, 6.07) is -0.398. The standard InChI is InChI=1S/C23H47NO2.CH4O3S/c1-20(2)18-16-14-12-10-8-6-5-7-9-11-13-15-17-19-24-22(21(3)4)23(25)26;1-5(2,3)4/h20-22,24H,5-19H2,1-4H3,(H,25,26);1H3,(H,2,3,4)/t22-;/m0./s1. The number of carboxylic acids is 1. The average molecular weight is 466 g/mol. The molecule has 0 bridgehead atoms. The zero-order valence-electron chi connectivity index (χ0n) is 20.9. The largest absolute Gasteiger partial charge is 0.480 e. The lowest BCUT2D eigenvalue weighted by atomic mass is 10.0. The summed E-state index contributed by atoms with van der Waals surface area (Å²) < 4.78 is 25.9. The second-order valence-corrected chi connectivity index (χ2v) is 11.0.